The molecular weight excluding hydrogens is 328 g/mol. The Kier molecular flexibility index (Phi) is 7.21. The normalized spacial score (nSPS) is 16.3. The van der Waals surface area contributed by atoms with Crippen molar-refractivity contribution in [3.8, 4) is 0 Å². The third kappa shape index (κ3) is 5.79. The summed E-state index contributed by atoms with van der Waals surface area (Å²) in [6, 6.07) is 20.9. The largest absolute Gasteiger partial charge is 0.299 e. The van der Waals surface area contributed by atoms with Crippen molar-refractivity contribution >= 4 is 17.4 Å². The minimum atomic E-state index is 0.312. The fourth-order valence-electron chi connectivity index (χ4n) is 3.92. The van der Waals surface area contributed by atoms with Crippen LogP contribution in [0, 0.1) is 5.92 Å². The first-order valence-electron chi connectivity index (χ1n) is 10.2. The molecule has 1 aliphatic rings. The fraction of sp³-hybridized carbons (Fsp3) is 0.346. The maximum absolute atomic E-state index is 12.6. The Morgan fingerprint density at radius 1 is 0.889 bits per heavy atom. The van der Waals surface area contributed by atoms with Crippen LogP contribution in [0.4, 0.5) is 0 Å². The molecule has 2 aromatic carbocycles. The van der Waals surface area contributed by atoms with Crippen molar-refractivity contribution in [2.75, 3.05) is 0 Å². The first-order chi connectivity index (χ1) is 13.2. The molecule has 0 aliphatic heterocycles. The van der Waals surface area contributed by atoms with Crippen LogP contribution < -0.4 is 0 Å². The predicted octanol–water partition coefficient (Wildman–Crippen LogP) is 7.10. The standard InChI is InChI=1S/C26H30O/c1-21(17-20-26(27)24-15-9-4-10-16-24)25(23-13-7-3-8-14-23)19-18-22-11-5-2-6-12-22/h2-3,5-8,11-14,18-19,24H,4,9-10,15-17,20H2,1H3/b19-18+,25-21+. The molecule has 140 valence electrons. The summed E-state index contributed by atoms with van der Waals surface area (Å²) in [5.74, 6) is 0.778. The Bertz CT molecular complexity index is 777. The molecule has 0 N–H and O–H groups in total. The van der Waals surface area contributed by atoms with Gasteiger partial charge in [-0.2, -0.15) is 0 Å². The van der Waals surface area contributed by atoms with Gasteiger partial charge in [-0.15, -0.1) is 0 Å². The Morgan fingerprint density at radius 3 is 2.19 bits per heavy atom. The summed E-state index contributed by atoms with van der Waals surface area (Å²) >= 11 is 0. The smallest absolute Gasteiger partial charge is 0.136 e. The average molecular weight is 359 g/mol. The minimum Gasteiger partial charge on any atom is -0.299 e. The fourth-order valence-corrected chi connectivity index (χ4v) is 3.92. The van der Waals surface area contributed by atoms with E-state index in [1.807, 2.05) is 12.1 Å². The van der Waals surface area contributed by atoms with Gasteiger partial charge in [-0.1, -0.05) is 97.7 Å². The van der Waals surface area contributed by atoms with Crippen molar-refractivity contribution in [1.82, 2.24) is 0 Å². The number of allylic oxidation sites excluding steroid dienone is 3. The molecule has 2 aromatic rings. The molecule has 0 atom stereocenters. The summed E-state index contributed by atoms with van der Waals surface area (Å²) in [6.45, 7) is 2.17. The molecule has 0 spiro atoms. The molecule has 1 fully saturated rings. The molecule has 0 heterocycles. The summed E-state index contributed by atoms with van der Waals surface area (Å²) in [7, 11) is 0. The van der Waals surface area contributed by atoms with Crippen LogP contribution in [0.3, 0.4) is 0 Å². The number of carbonyl (C=O) groups is 1. The Morgan fingerprint density at radius 2 is 1.52 bits per heavy atom. The molecule has 3 rings (SSSR count). The highest BCUT2D eigenvalue weighted by Gasteiger charge is 2.20. The highest BCUT2D eigenvalue weighted by Crippen LogP contribution is 2.28. The van der Waals surface area contributed by atoms with Crippen LogP contribution in [-0.4, -0.2) is 5.78 Å². The molecule has 0 bridgehead atoms. The van der Waals surface area contributed by atoms with Crippen LogP contribution in [0.25, 0.3) is 11.6 Å². The van der Waals surface area contributed by atoms with Gasteiger partial charge in [0.15, 0.2) is 0 Å². The third-order valence-electron chi connectivity index (χ3n) is 5.59. The van der Waals surface area contributed by atoms with E-state index in [0.717, 1.165) is 19.3 Å². The second-order valence-corrected chi connectivity index (χ2v) is 7.61. The lowest BCUT2D eigenvalue weighted by Crippen LogP contribution is -2.17. The van der Waals surface area contributed by atoms with E-state index in [0.29, 0.717) is 18.1 Å². The van der Waals surface area contributed by atoms with Crippen molar-refractivity contribution in [2.24, 2.45) is 5.92 Å². The van der Waals surface area contributed by atoms with E-state index in [-0.39, 0.29) is 0 Å². The molecule has 27 heavy (non-hydrogen) atoms. The summed E-state index contributed by atoms with van der Waals surface area (Å²) in [5.41, 5.74) is 4.93. The second-order valence-electron chi connectivity index (χ2n) is 7.61. The zero-order valence-electron chi connectivity index (χ0n) is 16.4. The number of rotatable bonds is 7. The summed E-state index contributed by atoms with van der Waals surface area (Å²) < 4.78 is 0. The maximum Gasteiger partial charge on any atom is 0.136 e. The van der Waals surface area contributed by atoms with Crippen LogP contribution >= 0.6 is 0 Å². The number of benzene rings is 2. The number of Topliss-reactive ketones (excluding diaryl/α,β-unsaturated/α-hetero) is 1. The average Bonchev–Trinajstić information content (AvgIpc) is 2.74. The van der Waals surface area contributed by atoms with Gasteiger partial charge in [-0.25, -0.2) is 0 Å². The first kappa shape index (κ1) is 19.4. The Balaban J connectivity index is 1.75. The Hall–Kier alpha value is -2.41. The van der Waals surface area contributed by atoms with Gasteiger partial charge in [0.05, 0.1) is 0 Å². The van der Waals surface area contributed by atoms with E-state index in [9.17, 15) is 4.79 Å². The van der Waals surface area contributed by atoms with Gasteiger partial charge >= 0.3 is 0 Å². The van der Waals surface area contributed by atoms with Gasteiger partial charge < -0.3 is 0 Å². The van der Waals surface area contributed by atoms with E-state index in [4.69, 9.17) is 0 Å². The lowest BCUT2D eigenvalue weighted by atomic mass is 9.84. The van der Waals surface area contributed by atoms with Crippen molar-refractivity contribution < 1.29 is 4.79 Å². The monoisotopic (exact) mass is 358 g/mol. The summed E-state index contributed by atoms with van der Waals surface area (Å²) in [6.07, 6.45) is 11.8. The molecule has 1 saturated carbocycles. The molecule has 1 heteroatoms. The van der Waals surface area contributed by atoms with Gasteiger partial charge in [0.2, 0.25) is 0 Å². The molecule has 1 nitrogen and oxygen atoms in total. The molecular formula is C26H30O. The van der Waals surface area contributed by atoms with Crippen LogP contribution in [0.2, 0.25) is 0 Å². The zero-order chi connectivity index (χ0) is 18.9. The second kappa shape index (κ2) is 10.1. The molecule has 0 aromatic heterocycles. The van der Waals surface area contributed by atoms with Crippen LogP contribution in [0.1, 0.15) is 63.0 Å². The number of carbonyl (C=O) groups excluding carboxylic acids is 1. The van der Waals surface area contributed by atoms with E-state index in [1.54, 1.807) is 0 Å². The van der Waals surface area contributed by atoms with Crippen LogP contribution in [0.5, 0.6) is 0 Å². The van der Waals surface area contributed by atoms with Crippen molar-refractivity contribution in [1.29, 1.82) is 0 Å². The van der Waals surface area contributed by atoms with Gasteiger partial charge in [-0.05, 0) is 42.9 Å². The lowest BCUT2D eigenvalue weighted by molar-refractivity contribution is -0.123. The van der Waals surface area contributed by atoms with Crippen LogP contribution in [0.15, 0.2) is 72.3 Å². The minimum absolute atomic E-state index is 0.312. The highest BCUT2D eigenvalue weighted by atomic mass is 16.1. The Labute approximate surface area is 163 Å². The molecule has 0 amide bonds. The summed E-state index contributed by atoms with van der Waals surface area (Å²) in [4.78, 5) is 12.6. The van der Waals surface area contributed by atoms with E-state index in [1.165, 1.54) is 41.5 Å². The van der Waals surface area contributed by atoms with Gasteiger partial charge in [0.25, 0.3) is 0 Å². The van der Waals surface area contributed by atoms with Gasteiger partial charge in [0, 0.05) is 12.3 Å². The van der Waals surface area contributed by atoms with Gasteiger partial charge in [-0.3, -0.25) is 4.79 Å². The van der Waals surface area contributed by atoms with Crippen molar-refractivity contribution in [2.45, 2.75) is 51.9 Å². The molecule has 0 saturated heterocycles. The number of hydrogen-bond donors (Lipinski definition) is 0. The van der Waals surface area contributed by atoms with Crippen LogP contribution in [-0.2, 0) is 4.79 Å². The van der Waals surface area contributed by atoms with Crippen molar-refractivity contribution in [3.05, 3.63) is 83.4 Å². The summed E-state index contributed by atoms with van der Waals surface area (Å²) in [5, 5.41) is 0. The number of ketones is 1. The lowest BCUT2D eigenvalue weighted by Gasteiger charge is -2.20. The highest BCUT2D eigenvalue weighted by molar-refractivity contribution is 5.83. The SMILES string of the molecule is C/C(CCC(=O)C1CCCCC1)=C(/C=C/c1ccccc1)c1ccccc1. The number of hydrogen-bond acceptors (Lipinski definition) is 1. The zero-order valence-corrected chi connectivity index (χ0v) is 16.4. The molecule has 0 unspecified atom stereocenters. The van der Waals surface area contributed by atoms with E-state index in [2.05, 4.69) is 67.6 Å². The maximum atomic E-state index is 12.6. The molecule has 0 radical (unpaired) electrons. The predicted molar refractivity (Wildman–Crippen MR) is 115 cm³/mol. The van der Waals surface area contributed by atoms with E-state index >= 15 is 0 Å². The first-order valence-corrected chi connectivity index (χ1v) is 10.2. The van der Waals surface area contributed by atoms with E-state index < -0.39 is 0 Å². The van der Waals surface area contributed by atoms with Crippen molar-refractivity contribution in [3.63, 3.8) is 0 Å². The topological polar surface area (TPSA) is 17.1 Å². The third-order valence-corrected chi connectivity index (χ3v) is 5.59. The molecule has 1 aliphatic carbocycles. The quantitative estimate of drug-likeness (QED) is 0.482. The van der Waals surface area contributed by atoms with Gasteiger partial charge in [0.1, 0.15) is 5.78 Å².